The number of nitrogens with zero attached hydrogens (tertiary/aromatic N) is 1. The van der Waals surface area contributed by atoms with E-state index in [0.717, 1.165) is 6.26 Å². The molecule has 0 unspecified atom stereocenters. The Hall–Kier alpha value is -1.92. The molecule has 1 atom stereocenters. The van der Waals surface area contributed by atoms with Crippen LogP contribution in [-0.2, 0) is 9.84 Å². The van der Waals surface area contributed by atoms with Crippen LogP contribution in [0.15, 0.2) is 47.5 Å². The average molecular weight is 293 g/mol. The summed E-state index contributed by atoms with van der Waals surface area (Å²) in [7, 11) is -3.21. The number of rotatable bonds is 4. The van der Waals surface area contributed by atoms with E-state index in [1.807, 2.05) is 0 Å². The van der Waals surface area contributed by atoms with E-state index in [1.165, 1.54) is 12.1 Å². The number of pyridine rings is 1. The lowest BCUT2D eigenvalue weighted by Crippen LogP contribution is -1.97. The summed E-state index contributed by atoms with van der Waals surface area (Å²) in [5.41, 5.74) is 0.697. The van der Waals surface area contributed by atoms with Crippen molar-refractivity contribution in [1.29, 1.82) is 0 Å². The zero-order chi connectivity index (χ0) is 14.8. The molecule has 6 heteroatoms. The van der Waals surface area contributed by atoms with E-state index in [-0.39, 0.29) is 4.90 Å². The molecule has 0 aliphatic rings. The number of ether oxygens (including phenoxy) is 1. The Kier molecular flexibility index (Phi) is 4.06. The molecule has 1 aromatic heterocycles. The smallest absolute Gasteiger partial charge is 0.219 e. The Morgan fingerprint density at radius 1 is 1.20 bits per heavy atom. The highest BCUT2D eigenvalue weighted by Crippen LogP contribution is 2.23. The van der Waals surface area contributed by atoms with Gasteiger partial charge in [-0.1, -0.05) is 0 Å². The Bertz CT molecular complexity index is 693. The maximum absolute atomic E-state index is 11.3. The summed E-state index contributed by atoms with van der Waals surface area (Å²) in [6.45, 7) is 1.65. The fraction of sp³-hybridized carbons (Fsp3) is 0.214. The van der Waals surface area contributed by atoms with Crippen molar-refractivity contribution in [3.8, 4) is 11.6 Å². The summed E-state index contributed by atoms with van der Waals surface area (Å²) in [5, 5.41) is 9.49. The number of benzene rings is 1. The summed E-state index contributed by atoms with van der Waals surface area (Å²) >= 11 is 0. The van der Waals surface area contributed by atoms with Crippen LogP contribution in [0.1, 0.15) is 18.6 Å². The molecule has 2 rings (SSSR count). The van der Waals surface area contributed by atoms with Gasteiger partial charge >= 0.3 is 0 Å². The lowest BCUT2D eigenvalue weighted by molar-refractivity contribution is 0.198. The maximum Gasteiger partial charge on any atom is 0.219 e. The van der Waals surface area contributed by atoms with Crippen LogP contribution in [0.25, 0.3) is 0 Å². The van der Waals surface area contributed by atoms with E-state index < -0.39 is 15.9 Å². The quantitative estimate of drug-likeness (QED) is 0.936. The van der Waals surface area contributed by atoms with Crippen LogP contribution in [0.5, 0.6) is 11.6 Å². The third kappa shape index (κ3) is 3.55. The Morgan fingerprint density at radius 2 is 1.85 bits per heavy atom. The molecular weight excluding hydrogens is 278 g/mol. The number of aromatic nitrogens is 1. The van der Waals surface area contributed by atoms with Gasteiger partial charge in [0.2, 0.25) is 5.88 Å². The van der Waals surface area contributed by atoms with E-state index in [0.29, 0.717) is 17.2 Å². The molecule has 0 fully saturated rings. The molecule has 106 valence electrons. The van der Waals surface area contributed by atoms with Gasteiger partial charge in [-0.15, -0.1) is 0 Å². The number of hydrogen-bond acceptors (Lipinski definition) is 5. The molecule has 0 saturated carbocycles. The van der Waals surface area contributed by atoms with Crippen LogP contribution in [0.3, 0.4) is 0 Å². The highest BCUT2D eigenvalue weighted by Gasteiger charge is 2.08. The predicted octanol–water partition coefficient (Wildman–Crippen LogP) is 2.33. The van der Waals surface area contributed by atoms with Gasteiger partial charge in [0.25, 0.3) is 0 Å². The van der Waals surface area contributed by atoms with Crippen molar-refractivity contribution in [1.82, 2.24) is 4.98 Å². The molecule has 0 amide bonds. The van der Waals surface area contributed by atoms with Gasteiger partial charge in [-0.25, -0.2) is 13.4 Å². The fourth-order valence-electron chi connectivity index (χ4n) is 1.62. The second-order valence-corrected chi connectivity index (χ2v) is 6.46. The van der Waals surface area contributed by atoms with Crippen LogP contribution in [0, 0.1) is 0 Å². The van der Waals surface area contributed by atoms with Gasteiger partial charge < -0.3 is 9.84 Å². The third-order valence-electron chi connectivity index (χ3n) is 2.72. The number of aliphatic hydroxyl groups excluding tert-OH is 1. The van der Waals surface area contributed by atoms with Gasteiger partial charge in [-0.05, 0) is 42.8 Å². The molecular formula is C14H15NO4S. The first kappa shape index (κ1) is 14.5. The molecule has 0 radical (unpaired) electrons. The molecule has 0 bridgehead atoms. The highest BCUT2D eigenvalue weighted by molar-refractivity contribution is 7.90. The molecule has 20 heavy (non-hydrogen) atoms. The van der Waals surface area contributed by atoms with Gasteiger partial charge in [0.1, 0.15) is 5.75 Å². The topological polar surface area (TPSA) is 76.5 Å². The minimum atomic E-state index is -3.21. The first-order chi connectivity index (χ1) is 9.36. The summed E-state index contributed by atoms with van der Waals surface area (Å²) in [4.78, 5) is 4.27. The summed E-state index contributed by atoms with van der Waals surface area (Å²) < 4.78 is 28.2. The summed E-state index contributed by atoms with van der Waals surface area (Å²) in [5.74, 6) is 0.822. The fourth-order valence-corrected chi connectivity index (χ4v) is 2.25. The van der Waals surface area contributed by atoms with Crippen LogP contribution in [-0.4, -0.2) is 24.8 Å². The second kappa shape index (κ2) is 5.60. The van der Waals surface area contributed by atoms with E-state index in [1.54, 1.807) is 37.4 Å². The first-order valence-corrected chi connectivity index (χ1v) is 7.87. The van der Waals surface area contributed by atoms with Crippen molar-refractivity contribution < 1.29 is 18.3 Å². The molecule has 0 aliphatic heterocycles. The van der Waals surface area contributed by atoms with Crippen molar-refractivity contribution in [2.45, 2.75) is 17.9 Å². The van der Waals surface area contributed by atoms with E-state index >= 15 is 0 Å². The molecule has 5 nitrogen and oxygen atoms in total. The summed E-state index contributed by atoms with van der Waals surface area (Å²) in [6.07, 6.45) is 2.09. The predicted molar refractivity (Wildman–Crippen MR) is 74.5 cm³/mol. The number of aliphatic hydroxyl groups is 1. The molecule has 1 N–H and O–H groups in total. The lowest BCUT2D eigenvalue weighted by atomic mass is 10.2. The molecule has 0 spiro atoms. The third-order valence-corrected chi connectivity index (χ3v) is 3.84. The van der Waals surface area contributed by atoms with E-state index in [4.69, 9.17) is 4.74 Å². The Morgan fingerprint density at radius 3 is 2.40 bits per heavy atom. The minimum absolute atomic E-state index is 0.232. The first-order valence-electron chi connectivity index (χ1n) is 5.98. The van der Waals surface area contributed by atoms with Gasteiger partial charge in [0.05, 0.1) is 11.0 Å². The summed E-state index contributed by atoms with van der Waals surface area (Å²) in [6, 6.07) is 9.41. The zero-order valence-corrected chi connectivity index (χ0v) is 12.0. The van der Waals surface area contributed by atoms with E-state index in [2.05, 4.69) is 4.98 Å². The lowest BCUT2D eigenvalue weighted by Gasteiger charge is -2.08. The van der Waals surface area contributed by atoms with E-state index in [9.17, 15) is 13.5 Å². The average Bonchev–Trinajstić information content (AvgIpc) is 2.38. The number of sulfone groups is 1. The van der Waals surface area contributed by atoms with Crippen molar-refractivity contribution in [2.24, 2.45) is 0 Å². The largest absolute Gasteiger partial charge is 0.439 e. The van der Waals surface area contributed by atoms with Gasteiger partial charge in [-0.2, -0.15) is 0 Å². The zero-order valence-electron chi connectivity index (χ0n) is 11.1. The van der Waals surface area contributed by atoms with Crippen molar-refractivity contribution in [2.75, 3.05) is 6.26 Å². The monoisotopic (exact) mass is 293 g/mol. The molecule has 2 aromatic rings. The minimum Gasteiger partial charge on any atom is -0.439 e. The normalized spacial score (nSPS) is 12.9. The highest BCUT2D eigenvalue weighted by atomic mass is 32.2. The molecule has 0 saturated heterocycles. The van der Waals surface area contributed by atoms with Gasteiger partial charge in [0, 0.05) is 18.5 Å². The van der Waals surface area contributed by atoms with Crippen LogP contribution in [0.2, 0.25) is 0 Å². The van der Waals surface area contributed by atoms with Crippen LogP contribution < -0.4 is 4.74 Å². The SMILES string of the molecule is C[C@H](O)c1ccnc(Oc2ccc(S(C)(=O)=O)cc2)c1. The Labute approximate surface area is 117 Å². The number of hydrogen-bond donors (Lipinski definition) is 1. The van der Waals surface area contributed by atoms with Crippen LogP contribution in [0.4, 0.5) is 0 Å². The van der Waals surface area contributed by atoms with Crippen molar-refractivity contribution >= 4 is 9.84 Å². The van der Waals surface area contributed by atoms with Crippen molar-refractivity contribution in [3.05, 3.63) is 48.2 Å². The van der Waals surface area contributed by atoms with Crippen molar-refractivity contribution in [3.63, 3.8) is 0 Å². The molecule has 1 aromatic carbocycles. The molecule has 0 aliphatic carbocycles. The van der Waals surface area contributed by atoms with Gasteiger partial charge in [0.15, 0.2) is 9.84 Å². The molecule has 1 heterocycles. The second-order valence-electron chi connectivity index (χ2n) is 4.45. The standard InChI is InChI=1S/C14H15NO4S/c1-10(16)11-7-8-15-14(9-11)19-12-3-5-13(6-4-12)20(2,17)18/h3-10,16H,1-2H3/t10-/m0/s1. The Balaban J connectivity index is 2.20. The van der Waals surface area contributed by atoms with Gasteiger partial charge in [-0.3, -0.25) is 0 Å². The van der Waals surface area contributed by atoms with Crippen LogP contribution >= 0.6 is 0 Å². The maximum atomic E-state index is 11.3.